The molecule has 0 atom stereocenters. The van der Waals surface area contributed by atoms with Crippen molar-refractivity contribution in [3.05, 3.63) is 181 Å². The second kappa shape index (κ2) is 10.6. The van der Waals surface area contributed by atoms with E-state index in [4.69, 9.17) is 0 Å². The highest BCUT2D eigenvalue weighted by Gasteiger charge is 2.35. The molecule has 0 fully saturated rings. The van der Waals surface area contributed by atoms with E-state index in [2.05, 4.69) is 193 Å². The van der Waals surface area contributed by atoms with Crippen LogP contribution in [0.2, 0.25) is 0 Å². The molecule has 8 aromatic rings. The summed E-state index contributed by atoms with van der Waals surface area (Å²) in [4.78, 5) is 2.40. The molecule has 0 N–H and O–H groups in total. The van der Waals surface area contributed by atoms with Crippen molar-refractivity contribution in [1.29, 1.82) is 0 Å². The van der Waals surface area contributed by atoms with Crippen LogP contribution < -0.4 is 4.90 Å². The van der Waals surface area contributed by atoms with Crippen molar-refractivity contribution in [2.45, 2.75) is 19.3 Å². The van der Waals surface area contributed by atoms with Crippen molar-refractivity contribution >= 4 is 38.9 Å². The zero-order valence-electron chi connectivity index (χ0n) is 26.6. The Balaban J connectivity index is 1.27. The number of fused-ring (bicyclic) bond motifs is 6. The summed E-state index contributed by atoms with van der Waals surface area (Å²) in [5, 5.41) is 2.49. The van der Waals surface area contributed by atoms with Gasteiger partial charge in [0.05, 0.1) is 11.0 Å². The van der Waals surface area contributed by atoms with E-state index in [1.165, 1.54) is 55.2 Å². The molecule has 2 heteroatoms. The highest BCUT2D eigenvalue weighted by atomic mass is 15.1. The van der Waals surface area contributed by atoms with E-state index < -0.39 is 0 Å². The molecule has 2 nitrogen and oxygen atoms in total. The lowest BCUT2D eigenvalue weighted by Crippen LogP contribution is -2.16. The van der Waals surface area contributed by atoms with E-state index in [0.29, 0.717) is 0 Å². The SMILES string of the molecule is CC1(C)c2ccccc2-c2ccc(N(c3ccccc3)c3ccc4c5cc(-c6ccccc6)ccc5n(-c5ccccc5)c4c3)cc21. The van der Waals surface area contributed by atoms with Crippen LogP contribution in [0.5, 0.6) is 0 Å². The summed E-state index contributed by atoms with van der Waals surface area (Å²) in [6.45, 7) is 4.70. The maximum Gasteiger partial charge on any atom is 0.0561 e. The molecule has 0 radical (unpaired) electrons. The lowest BCUT2D eigenvalue weighted by atomic mass is 9.82. The van der Waals surface area contributed by atoms with Gasteiger partial charge in [0.1, 0.15) is 0 Å². The molecule has 0 amide bonds. The average Bonchev–Trinajstić information content (AvgIpc) is 3.57. The number of aromatic nitrogens is 1. The molecule has 0 aliphatic heterocycles. The fourth-order valence-corrected chi connectivity index (χ4v) is 7.67. The third-order valence-corrected chi connectivity index (χ3v) is 9.97. The minimum absolute atomic E-state index is 0.0789. The Morgan fingerprint density at radius 3 is 1.85 bits per heavy atom. The largest absolute Gasteiger partial charge is 0.310 e. The van der Waals surface area contributed by atoms with Gasteiger partial charge in [0.15, 0.2) is 0 Å². The molecule has 0 bridgehead atoms. The molecule has 0 saturated carbocycles. The summed E-state index contributed by atoms with van der Waals surface area (Å²) in [7, 11) is 0. The molecule has 0 unspecified atom stereocenters. The van der Waals surface area contributed by atoms with Crippen LogP contribution in [0.1, 0.15) is 25.0 Å². The topological polar surface area (TPSA) is 8.17 Å². The van der Waals surface area contributed by atoms with Gasteiger partial charge >= 0.3 is 0 Å². The molecule has 0 spiro atoms. The van der Waals surface area contributed by atoms with Crippen LogP contribution in [0.4, 0.5) is 17.1 Å². The van der Waals surface area contributed by atoms with E-state index in [1.807, 2.05) is 0 Å². The first kappa shape index (κ1) is 27.5. The Kier molecular flexibility index (Phi) is 6.20. The summed E-state index contributed by atoms with van der Waals surface area (Å²) >= 11 is 0. The van der Waals surface area contributed by atoms with E-state index in [9.17, 15) is 0 Å². The van der Waals surface area contributed by atoms with Gasteiger partial charge in [0.2, 0.25) is 0 Å². The van der Waals surface area contributed by atoms with E-state index >= 15 is 0 Å². The summed E-state index contributed by atoms with van der Waals surface area (Å²) < 4.78 is 2.41. The second-order valence-electron chi connectivity index (χ2n) is 13.0. The van der Waals surface area contributed by atoms with Crippen molar-refractivity contribution in [2.24, 2.45) is 0 Å². The van der Waals surface area contributed by atoms with Crippen molar-refractivity contribution in [1.82, 2.24) is 4.57 Å². The Hall–Kier alpha value is -5.86. The molecule has 1 heterocycles. The van der Waals surface area contributed by atoms with E-state index in [0.717, 1.165) is 22.7 Å². The first-order valence-electron chi connectivity index (χ1n) is 16.4. The van der Waals surface area contributed by atoms with Gasteiger partial charge in [-0.15, -0.1) is 0 Å². The first-order valence-corrected chi connectivity index (χ1v) is 16.4. The van der Waals surface area contributed by atoms with Crippen LogP contribution >= 0.6 is 0 Å². The van der Waals surface area contributed by atoms with Gasteiger partial charge in [-0.25, -0.2) is 0 Å². The van der Waals surface area contributed by atoms with E-state index in [1.54, 1.807) is 0 Å². The quantitative estimate of drug-likeness (QED) is 0.190. The molecular formula is C45H34N2. The number of benzene rings is 7. The van der Waals surface area contributed by atoms with Gasteiger partial charge in [-0.05, 0) is 94.0 Å². The molecule has 224 valence electrons. The van der Waals surface area contributed by atoms with Gasteiger partial charge in [-0.2, -0.15) is 0 Å². The molecule has 47 heavy (non-hydrogen) atoms. The van der Waals surface area contributed by atoms with Crippen molar-refractivity contribution < 1.29 is 0 Å². The van der Waals surface area contributed by atoms with Crippen molar-refractivity contribution in [3.8, 4) is 27.9 Å². The highest BCUT2D eigenvalue weighted by molar-refractivity contribution is 6.11. The molecule has 9 rings (SSSR count). The highest BCUT2D eigenvalue weighted by Crippen LogP contribution is 2.50. The van der Waals surface area contributed by atoms with Gasteiger partial charge in [-0.3, -0.25) is 0 Å². The van der Waals surface area contributed by atoms with Gasteiger partial charge in [-0.1, -0.05) is 123 Å². The zero-order chi connectivity index (χ0) is 31.5. The first-order chi connectivity index (χ1) is 23.1. The molecule has 1 aromatic heterocycles. The number of nitrogens with zero attached hydrogens (tertiary/aromatic N) is 2. The van der Waals surface area contributed by atoms with Crippen molar-refractivity contribution in [3.63, 3.8) is 0 Å². The van der Waals surface area contributed by atoms with Gasteiger partial charge in [0.25, 0.3) is 0 Å². The minimum Gasteiger partial charge on any atom is -0.310 e. The minimum atomic E-state index is -0.0789. The Labute approximate surface area is 275 Å². The predicted octanol–water partition coefficient (Wildman–Crippen LogP) is 12.2. The molecular weight excluding hydrogens is 569 g/mol. The number of rotatable bonds is 5. The van der Waals surface area contributed by atoms with Crippen LogP contribution in [0.15, 0.2) is 170 Å². The smallest absolute Gasteiger partial charge is 0.0561 e. The lowest BCUT2D eigenvalue weighted by Gasteiger charge is -2.28. The zero-order valence-corrected chi connectivity index (χ0v) is 26.6. The summed E-state index contributed by atoms with van der Waals surface area (Å²) in [6.07, 6.45) is 0. The Morgan fingerprint density at radius 2 is 1.06 bits per heavy atom. The van der Waals surface area contributed by atoms with Crippen LogP contribution in [0.3, 0.4) is 0 Å². The maximum absolute atomic E-state index is 2.41. The Morgan fingerprint density at radius 1 is 0.426 bits per heavy atom. The lowest BCUT2D eigenvalue weighted by molar-refractivity contribution is 0.660. The summed E-state index contributed by atoms with van der Waals surface area (Å²) in [5.41, 5.74) is 14.8. The van der Waals surface area contributed by atoms with Crippen LogP contribution in [-0.4, -0.2) is 4.57 Å². The predicted molar refractivity (Wildman–Crippen MR) is 198 cm³/mol. The fourth-order valence-electron chi connectivity index (χ4n) is 7.67. The number of anilines is 3. The van der Waals surface area contributed by atoms with Crippen LogP contribution in [0.25, 0.3) is 49.7 Å². The molecule has 1 aliphatic rings. The standard InChI is InChI=1S/C45H34N2/c1-45(2)41-21-13-12-20-37(41)38-25-23-35(29-42(38)45)46(33-16-8-4-9-17-33)36-24-26-39-40-28-32(31-14-6-3-7-15-31)22-27-43(40)47(44(39)30-36)34-18-10-5-11-19-34/h3-30H,1-2H3. The molecule has 1 aliphatic carbocycles. The van der Waals surface area contributed by atoms with Gasteiger partial charge in [0, 0.05) is 38.9 Å². The third-order valence-electron chi connectivity index (χ3n) is 9.97. The molecule has 7 aromatic carbocycles. The summed E-state index contributed by atoms with van der Waals surface area (Å²) in [6, 6.07) is 61.8. The number of hydrogen-bond donors (Lipinski definition) is 0. The van der Waals surface area contributed by atoms with Crippen LogP contribution in [0, 0.1) is 0 Å². The average molecular weight is 603 g/mol. The monoisotopic (exact) mass is 602 g/mol. The van der Waals surface area contributed by atoms with Crippen molar-refractivity contribution in [2.75, 3.05) is 4.90 Å². The second-order valence-corrected chi connectivity index (χ2v) is 13.0. The molecule has 0 saturated heterocycles. The maximum atomic E-state index is 2.41. The van der Waals surface area contributed by atoms with Crippen LogP contribution in [-0.2, 0) is 5.41 Å². The normalized spacial score (nSPS) is 13.1. The van der Waals surface area contributed by atoms with E-state index in [-0.39, 0.29) is 5.41 Å². The van der Waals surface area contributed by atoms with Gasteiger partial charge < -0.3 is 9.47 Å². The Bertz CT molecular complexity index is 2420. The number of para-hydroxylation sites is 2. The summed E-state index contributed by atoms with van der Waals surface area (Å²) in [5.74, 6) is 0. The fraction of sp³-hybridized carbons (Fsp3) is 0.0667. The third kappa shape index (κ3) is 4.33. The number of hydrogen-bond acceptors (Lipinski definition) is 1.